The molecule has 2 atom stereocenters. The Hall–Kier alpha value is -0.530. The quantitative estimate of drug-likeness (QED) is 0.656. The molecule has 0 saturated carbocycles. The fourth-order valence-corrected chi connectivity index (χ4v) is 2.73. The molecular weight excluding hydrogens is 198 g/mol. The van der Waals surface area contributed by atoms with Crippen molar-refractivity contribution in [3.63, 3.8) is 0 Å². The zero-order chi connectivity index (χ0) is 12.0. The molecule has 1 rings (SSSR count). The highest BCUT2D eigenvalue weighted by Gasteiger charge is 2.24. The molecule has 2 heteroatoms. The maximum Gasteiger partial charge on any atom is 0.222 e. The average molecular weight is 225 g/mol. The van der Waals surface area contributed by atoms with Crippen LogP contribution in [0, 0.1) is 11.8 Å². The van der Waals surface area contributed by atoms with E-state index in [2.05, 4.69) is 25.7 Å². The second-order valence-electron chi connectivity index (χ2n) is 5.56. The normalized spacial score (nSPS) is 25.8. The second kappa shape index (κ2) is 6.93. The summed E-state index contributed by atoms with van der Waals surface area (Å²) in [6.07, 6.45) is 6.83. The van der Waals surface area contributed by atoms with Gasteiger partial charge in [0.25, 0.3) is 0 Å². The van der Waals surface area contributed by atoms with Gasteiger partial charge < -0.3 is 4.90 Å². The summed E-state index contributed by atoms with van der Waals surface area (Å²) in [6, 6.07) is 0. The van der Waals surface area contributed by atoms with Crippen molar-refractivity contribution in [1.82, 2.24) is 4.90 Å². The first-order chi connectivity index (χ1) is 7.63. The van der Waals surface area contributed by atoms with Crippen LogP contribution in [0.25, 0.3) is 0 Å². The minimum Gasteiger partial charge on any atom is -0.342 e. The molecule has 1 amide bonds. The Morgan fingerprint density at radius 3 is 2.31 bits per heavy atom. The molecule has 2 nitrogen and oxygen atoms in total. The molecule has 0 aromatic heterocycles. The van der Waals surface area contributed by atoms with Crippen LogP contribution >= 0.6 is 0 Å². The van der Waals surface area contributed by atoms with Gasteiger partial charge in [-0.1, -0.05) is 40.0 Å². The first-order valence-electron chi connectivity index (χ1n) is 6.91. The van der Waals surface area contributed by atoms with Gasteiger partial charge in [0.1, 0.15) is 0 Å². The van der Waals surface area contributed by atoms with Gasteiger partial charge in [0.05, 0.1) is 0 Å². The second-order valence-corrected chi connectivity index (χ2v) is 5.56. The first kappa shape index (κ1) is 13.5. The van der Waals surface area contributed by atoms with Gasteiger partial charge in [-0.05, 0) is 24.7 Å². The zero-order valence-corrected chi connectivity index (χ0v) is 11.2. The van der Waals surface area contributed by atoms with Crippen molar-refractivity contribution in [3.8, 4) is 0 Å². The van der Waals surface area contributed by atoms with Gasteiger partial charge in [-0.15, -0.1) is 0 Å². The van der Waals surface area contributed by atoms with Crippen LogP contribution in [0.2, 0.25) is 0 Å². The fourth-order valence-electron chi connectivity index (χ4n) is 2.73. The van der Waals surface area contributed by atoms with Crippen molar-refractivity contribution >= 4 is 5.91 Å². The molecule has 0 radical (unpaired) electrons. The summed E-state index contributed by atoms with van der Waals surface area (Å²) in [5, 5.41) is 0. The Balaban J connectivity index is 2.24. The summed E-state index contributed by atoms with van der Waals surface area (Å²) in [5.74, 6) is 1.75. The highest BCUT2D eigenvalue weighted by molar-refractivity contribution is 5.76. The molecule has 1 heterocycles. The Morgan fingerprint density at radius 1 is 1.12 bits per heavy atom. The first-order valence-corrected chi connectivity index (χ1v) is 6.91. The maximum atomic E-state index is 12.0. The number of likely N-dealkylation sites (tertiary alicyclic amines) is 1. The Kier molecular flexibility index (Phi) is 5.86. The molecule has 0 aliphatic carbocycles. The molecule has 0 N–H and O–H groups in total. The van der Waals surface area contributed by atoms with Gasteiger partial charge in [0.15, 0.2) is 0 Å². The highest BCUT2D eigenvalue weighted by Crippen LogP contribution is 2.21. The van der Waals surface area contributed by atoms with Crippen LogP contribution in [0.5, 0.6) is 0 Å². The smallest absolute Gasteiger partial charge is 0.222 e. The predicted molar refractivity (Wildman–Crippen MR) is 68.3 cm³/mol. The SMILES string of the molecule is CCCCCCC(=O)N1CC(C)CC(C)C1. The molecule has 1 saturated heterocycles. The summed E-state index contributed by atoms with van der Waals surface area (Å²) in [4.78, 5) is 14.1. The van der Waals surface area contributed by atoms with E-state index in [1.807, 2.05) is 0 Å². The van der Waals surface area contributed by atoms with E-state index in [0.717, 1.165) is 25.9 Å². The van der Waals surface area contributed by atoms with Crippen LogP contribution in [0.1, 0.15) is 59.3 Å². The van der Waals surface area contributed by atoms with Crippen molar-refractivity contribution in [3.05, 3.63) is 0 Å². The van der Waals surface area contributed by atoms with Crippen molar-refractivity contribution in [2.75, 3.05) is 13.1 Å². The summed E-state index contributed by atoms with van der Waals surface area (Å²) < 4.78 is 0. The number of carbonyl (C=O) groups excluding carboxylic acids is 1. The lowest BCUT2D eigenvalue weighted by atomic mass is 9.91. The highest BCUT2D eigenvalue weighted by atomic mass is 16.2. The molecule has 1 fully saturated rings. The molecule has 1 aliphatic heterocycles. The Labute approximate surface area is 100 Å². The number of hydrogen-bond donors (Lipinski definition) is 0. The molecule has 16 heavy (non-hydrogen) atoms. The number of rotatable bonds is 5. The van der Waals surface area contributed by atoms with Gasteiger partial charge in [0.2, 0.25) is 5.91 Å². The van der Waals surface area contributed by atoms with Crippen molar-refractivity contribution in [2.45, 2.75) is 59.3 Å². The van der Waals surface area contributed by atoms with Gasteiger partial charge in [-0.2, -0.15) is 0 Å². The lowest BCUT2D eigenvalue weighted by Crippen LogP contribution is -2.42. The molecule has 2 unspecified atom stereocenters. The number of amides is 1. The molecule has 0 spiro atoms. The molecule has 1 aliphatic rings. The van der Waals surface area contributed by atoms with Crippen LogP contribution < -0.4 is 0 Å². The van der Waals surface area contributed by atoms with Crippen molar-refractivity contribution in [1.29, 1.82) is 0 Å². The van der Waals surface area contributed by atoms with Crippen molar-refractivity contribution < 1.29 is 4.79 Å². The van der Waals surface area contributed by atoms with Gasteiger partial charge in [0, 0.05) is 19.5 Å². The minimum atomic E-state index is 0.384. The largest absolute Gasteiger partial charge is 0.342 e. The topological polar surface area (TPSA) is 20.3 Å². The van der Waals surface area contributed by atoms with Crippen LogP contribution in [-0.2, 0) is 4.79 Å². The maximum absolute atomic E-state index is 12.0. The molecular formula is C14H27NO. The molecule has 0 bridgehead atoms. The van der Waals surface area contributed by atoms with Crippen molar-refractivity contribution in [2.24, 2.45) is 11.8 Å². The van der Waals surface area contributed by atoms with E-state index >= 15 is 0 Å². The third-order valence-electron chi connectivity index (χ3n) is 3.47. The molecule has 0 aromatic carbocycles. The number of hydrogen-bond acceptors (Lipinski definition) is 1. The molecule has 0 aromatic rings. The number of unbranched alkanes of at least 4 members (excludes halogenated alkanes) is 3. The fraction of sp³-hybridized carbons (Fsp3) is 0.929. The van der Waals surface area contributed by atoms with Gasteiger partial charge in [-0.25, -0.2) is 0 Å². The summed E-state index contributed by atoms with van der Waals surface area (Å²) in [5.41, 5.74) is 0. The van der Waals surface area contributed by atoms with Crippen LogP contribution in [0.15, 0.2) is 0 Å². The zero-order valence-electron chi connectivity index (χ0n) is 11.2. The number of nitrogens with zero attached hydrogens (tertiary/aromatic N) is 1. The van der Waals surface area contributed by atoms with E-state index in [1.165, 1.54) is 25.7 Å². The van der Waals surface area contributed by atoms with E-state index < -0.39 is 0 Å². The predicted octanol–water partition coefficient (Wildman–Crippen LogP) is 3.46. The third-order valence-corrected chi connectivity index (χ3v) is 3.47. The Bertz CT molecular complexity index is 205. The summed E-state index contributed by atoms with van der Waals surface area (Å²) >= 11 is 0. The summed E-state index contributed by atoms with van der Waals surface area (Å²) in [6.45, 7) is 8.68. The Morgan fingerprint density at radius 2 is 1.75 bits per heavy atom. The van der Waals surface area contributed by atoms with Crippen LogP contribution in [0.3, 0.4) is 0 Å². The van der Waals surface area contributed by atoms with E-state index in [1.54, 1.807) is 0 Å². The lowest BCUT2D eigenvalue weighted by molar-refractivity contribution is -0.134. The van der Waals surface area contributed by atoms with E-state index in [-0.39, 0.29) is 0 Å². The number of piperidine rings is 1. The van der Waals surface area contributed by atoms with Gasteiger partial charge >= 0.3 is 0 Å². The number of carbonyl (C=O) groups is 1. The third kappa shape index (κ3) is 4.54. The monoisotopic (exact) mass is 225 g/mol. The average Bonchev–Trinajstić information content (AvgIpc) is 2.22. The van der Waals surface area contributed by atoms with E-state index in [0.29, 0.717) is 17.7 Å². The van der Waals surface area contributed by atoms with Crippen LogP contribution in [-0.4, -0.2) is 23.9 Å². The summed E-state index contributed by atoms with van der Waals surface area (Å²) in [7, 11) is 0. The van der Waals surface area contributed by atoms with Crippen LogP contribution in [0.4, 0.5) is 0 Å². The molecule has 94 valence electrons. The van der Waals surface area contributed by atoms with E-state index in [4.69, 9.17) is 0 Å². The lowest BCUT2D eigenvalue weighted by Gasteiger charge is -2.35. The van der Waals surface area contributed by atoms with E-state index in [9.17, 15) is 4.79 Å². The van der Waals surface area contributed by atoms with Gasteiger partial charge in [-0.3, -0.25) is 4.79 Å². The minimum absolute atomic E-state index is 0.384. The standard InChI is InChI=1S/C14H27NO/c1-4-5-6-7-8-14(16)15-10-12(2)9-13(3)11-15/h12-13H,4-11H2,1-3H3.